The molecule has 3 aromatic rings. The molecule has 1 aromatic carbocycles. The van der Waals surface area contributed by atoms with E-state index < -0.39 is 11.6 Å². The molecule has 0 aliphatic heterocycles. The van der Waals surface area contributed by atoms with Crippen molar-refractivity contribution in [2.75, 3.05) is 0 Å². The van der Waals surface area contributed by atoms with E-state index in [2.05, 4.69) is 9.97 Å². The first-order valence-corrected chi connectivity index (χ1v) is 6.21. The van der Waals surface area contributed by atoms with Gasteiger partial charge in [-0.25, -0.2) is 18.7 Å². The van der Waals surface area contributed by atoms with Crippen molar-refractivity contribution < 1.29 is 8.78 Å². The maximum Gasteiger partial charge on any atom is 0.148 e. The van der Waals surface area contributed by atoms with Crippen molar-refractivity contribution in [2.45, 2.75) is 0 Å². The van der Waals surface area contributed by atoms with Crippen molar-refractivity contribution in [3.63, 3.8) is 0 Å². The van der Waals surface area contributed by atoms with E-state index in [0.29, 0.717) is 10.2 Å². The van der Waals surface area contributed by atoms with E-state index in [1.54, 1.807) is 6.07 Å². The largest absolute Gasteiger partial charge is 0.243 e. The van der Waals surface area contributed by atoms with E-state index in [9.17, 15) is 8.78 Å². The lowest BCUT2D eigenvalue weighted by atomic mass is 10.2. The van der Waals surface area contributed by atoms with Crippen LogP contribution in [0.15, 0.2) is 30.5 Å². The van der Waals surface area contributed by atoms with Crippen LogP contribution in [-0.2, 0) is 0 Å². The van der Waals surface area contributed by atoms with E-state index in [1.807, 2.05) is 0 Å². The average Bonchev–Trinajstić information content (AvgIpc) is 2.74. The molecule has 0 spiro atoms. The highest BCUT2D eigenvalue weighted by molar-refractivity contribution is 7.22. The summed E-state index contributed by atoms with van der Waals surface area (Å²) >= 11 is 7.03. The summed E-state index contributed by atoms with van der Waals surface area (Å²) in [6, 6.07) is 5.37. The second-order valence-electron chi connectivity index (χ2n) is 3.57. The summed E-state index contributed by atoms with van der Waals surface area (Å²) in [6.45, 7) is 0. The van der Waals surface area contributed by atoms with Gasteiger partial charge in [-0.05, 0) is 18.2 Å². The van der Waals surface area contributed by atoms with E-state index in [-0.39, 0.29) is 15.7 Å². The van der Waals surface area contributed by atoms with Crippen molar-refractivity contribution in [1.82, 2.24) is 9.97 Å². The number of hydrogen-bond donors (Lipinski definition) is 0. The third kappa shape index (κ3) is 1.76. The molecule has 0 aliphatic carbocycles. The molecule has 0 fully saturated rings. The molecule has 2 heterocycles. The maximum atomic E-state index is 13.6. The van der Waals surface area contributed by atoms with Crippen LogP contribution in [0.3, 0.4) is 0 Å². The number of halogens is 3. The van der Waals surface area contributed by atoms with Crippen LogP contribution < -0.4 is 0 Å². The van der Waals surface area contributed by atoms with Crippen LogP contribution in [0.2, 0.25) is 5.15 Å². The maximum absolute atomic E-state index is 13.6. The summed E-state index contributed by atoms with van der Waals surface area (Å²) in [5.74, 6) is -1.28. The minimum atomic E-state index is -0.641. The molecule has 0 unspecified atom stereocenters. The SMILES string of the molecule is Fc1cccc(F)c1-c1nc2ccnc(Cl)c2s1. The van der Waals surface area contributed by atoms with Gasteiger partial charge in [0.05, 0.1) is 15.8 Å². The number of thiazole rings is 1. The third-order valence-electron chi connectivity index (χ3n) is 2.44. The summed E-state index contributed by atoms with van der Waals surface area (Å²) in [6.07, 6.45) is 1.51. The van der Waals surface area contributed by atoms with Crippen LogP contribution >= 0.6 is 22.9 Å². The lowest BCUT2D eigenvalue weighted by molar-refractivity contribution is 0.589. The van der Waals surface area contributed by atoms with Crippen LogP contribution in [0, 0.1) is 11.6 Å². The summed E-state index contributed by atoms with van der Waals surface area (Å²) in [4.78, 5) is 8.09. The highest BCUT2D eigenvalue weighted by Crippen LogP contribution is 2.35. The lowest BCUT2D eigenvalue weighted by Gasteiger charge is -1.99. The van der Waals surface area contributed by atoms with Crippen molar-refractivity contribution >= 4 is 33.2 Å². The summed E-state index contributed by atoms with van der Waals surface area (Å²) in [5.41, 5.74) is 0.451. The zero-order chi connectivity index (χ0) is 12.7. The predicted molar refractivity (Wildman–Crippen MR) is 67.8 cm³/mol. The Morgan fingerprint density at radius 1 is 1.11 bits per heavy atom. The van der Waals surface area contributed by atoms with E-state index in [4.69, 9.17) is 11.6 Å². The number of rotatable bonds is 1. The Morgan fingerprint density at radius 2 is 1.83 bits per heavy atom. The topological polar surface area (TPSA) is 25.8 Å². The molecule has 0 saturated heterocycles. The van der Waals surface area contributed by atoms with Crippen molar-refractivity contribution in [3.05, 3.63) is 47.2 Å². The minimum absolute atomic E-state index is 0.130. The van der Waals surface area contributed by atoms with Gasteiger partial charge in [0.1, 0.15) is 21.8 Å². The van der Waals surface area contributed by atoms with Gasteiger partial charge in [-0.1, -0.05) is 17.7 Å². The second-order valence-corrected chi connectivity index (χ2v) is 4.92. The second kappa shape index (κ2) is 4.26. The Kier molecular flexibility index (Phi) is 2.72. The number of fused-ring (bicyclic) bond motifs is 1. The Balaban J connectivity index is 2.30. The van der Waals surface area contributed by atoms with Crippen molar-refractivity contribution in [3.8, 4) is 10.6 Å². The number of hydrogen-bond acceptors (Lipinski definition) is 3. The Labute approximate surface area is 110 Å². The number of aromatic nitrogens is 2. The van der Waals surface area contributed by atoms with Gasteiger partial charge in [-0.3, -0.25) is 0 Å². The fraction of sp³-hybridized carbons (Fsp3) is 0. The molecule has 2 aromatic heterocycles. The molecule has 2 nitrogen and oxygen atoms in total. The molecule has 0 atom stereocenters. The van der Waals surface area contributed by atoms with Crippen LogP contribution in [-0.4, -0.2) is 9.97 Å². The summed E-state index contributed by atoms with van der Waals surface area (Å²) < 4.78 is 27.9. The summed E-state index contributed by atoms with van der Waals surface area (Å²) in [7, 11) is 0. The lowest BCUT2D eigenvalue weighted by Crippen LogP contribution is -1.88. The van der Waals surface area contributed by atoms with Crippen molar-refractivity contribution in [1.29, 1.82) is 0 Å². The molecule has 90 valence electrons. The van der Waals surface area contributed by atoms with Crippen molar-refractivity contribution in [2.24, 2.45) is 0 Å². The van der Waals surface area contributed by atoms with Gasteiger partial charge >= 0.3 is 0 Å². The van der Waals surface area contributed by atoms with Gasteiger partial charge in [0.25, 0.3) is 0 Å². The Hall–Kier alpha value is -1.59. The van der Waals surface area contributed by atoms with Gasteiger partial charge in [0.15, 0.2) is 0 Å². The first kappa shape index (κ1) is 11.5. The monoisotopic (exact) mass is 282 g/mol. The predicted octanol–water partition coefficient (Wildman–Crippen LogP) is 4.29. The zero-order valence-corrected chi connectivity index (χ0v) is 10.4. The minimum Gasteiger partial charge on any atom is -0.243 e. The van der Waals surface area contributed by atoms with Gasteiger partial charge in [0.2, 0.25) is 0 Å². The van der Waals surface area contributed by atoms with Gasteiger partial charge < -0.3 is 0 Å². The fourth-order valence-corrected chi connectivity index (χ4v) is 2.89. The molecule has 0 bridgehead atoms. The fourth-order valence-electron chi connectivity index (χ4n) is 1.63. The van der Waals surface area contributed by atoms with E-state index in [0.717, 1.165) is 11.3 Å². The quantitative estimate of drug-likeness (QED) is 0.622. The van der Waals surface area contributed by atoms with Gasteiger partial charge in [-0.15, -0.1) is 11.3 Å². The van der Waals surface area contributed by atoms with E-state index >= 15 is 0 Å². The first-order valence-electron chi connectivity index (χ1n) is 5.02. The van der Waals surface area contributed by atoms with E-state index in [1.165, 1.54) is 24.4 Å². The average molecular weight is 283 g/mol. The standard InChI is InChI=1S/C12H5ClF2N2S/c13-11-10-8(4-5-16-11)17-12(18-10)9-6(14)2-1-3-7(9)15/h1-5H. The molecular weight excluding hydrogens is 278 g/mol. The molecule has 0 radical (unpaired) electrons. The normalized spacial score (nSPS) is 11.1. The van der Waals surface area contributed by atoms with Gasteiger partial charge in [0, 0.05) is 6.20 Å². The Morgan fingerprint density at radius 3 is 2.50 bits per heavy atom. The third-order valence-corrected chi connectivity index (χ3v) is 3.93. The molecule has 6 heteroatoms. The molecular formula is C12H5ClF2N2S. The highest BCUT2D eigenvalue weighted by atomic mass is 35.5. The summed E-state index contributed by atoms with van der Waals surface area (Å²) in [5, 5.41) is 0.545. The number of pyridine rings is 1. The highest BCUT2D eigenvalue weighted by Gasteiger charge is 2.16. The van der Waals surface area contributed by atoms with Crippen LogP contribution in [0.5, 0.6) is 0 Å². The van der Waals surface area contributed by atoms with Crippen LogP contribution in [0.25, 0.3) is 20.8 Å². The molecule has 0 saturated carbocycles. The zero-order valence-electron chi connectivity index (χ0n) is 8.82. The first-order chi connectivity index (χ1) is 8.66. The Bertz CT molecular complexity index is 722. The van der Waals surface area contributed by atoms with Crippen LogP contribution in [0.4, 0.5) is 8.78 Å². The number of benzene rings is 1. The molecule has 3 rings (SSSR count). The molecule has 0 amide bonds. The van der Waals surface area contributed by atoms with Crippen LogP contribution in [0.1, 0.15) is 0 Å². The molecule has 18 heavy (non-hydrogen) atoms. The molecule has 0 N–H and O–H groups in total. The molecule has 0 aliphatic rings. The van der Waals surface area contributed by atoms with Gasteiger partial charge in [-0.2, -0.15) is 0 Å². The number of nitrogens with zero attached hydrogens (tertiary/aromatic N) is 2. The smallest absolute Gasteiger partial charge is 0.148 e.